The number of methoxy groups -OCH3 is 1. The summed E-state index contributed by atoms with van der Waals surface area (Å²) >= 11 is 0. The van der Waals surface area contributed by atoms with Crippen LogP contribution in [0.1, 0.15) is 19.3 Å². The molecule has 0 aromatic heterocycles. The molecule has 1 aliphatic carbocycles. The third kappa shape index (κ3) is 2.46. The van der Waals surface area contributed by atoms with Crippen molar-refractivity contribution in [3.63, 3.8) is 0 Å². The molecule has 0 aliphatic heterocycles. The zero-order chi connectivity index (χ0) is 8.10. The molecule has 1 aliphatic rings. The molecule has 11 heavy (non-hydrogen) atoms. The summed E-state index contributed by atoms with van der Waals surface area (Å²) in [6.07, 6.45) is 6.01. The largest absolute Gasteiger partial charge is 0.384 e. The van der Waals surface area contributed by atoms with E-state index in [9.17, 15) is 4.79 Å². The summed E-state index contributed by atoms with van der Waals surface area (Å²) in [7, 11) is 1.72. The van der Waals surface area contributed by atoms with Crippen molar-refractivity contribution in [2.45, 2.75) is 19.3 Å². The molecule has 0 heterocycles. The summed E-state index contributed by atoms with van der Waals surface area (Å²) in [4.78, 5) is 10.3. The number of carbonyl (C=O) groups is 1. The maximum atomic E-state index is 10.3. The van der Waals surface area contributed by atoms with Crippen LogP contribution in [-0.4, -0.2) is 20.0 Å². The highest BCUT2D eigenvalue weighted by molar-refractivity contribution is 5.73. The zero-order valence-corrected chi connectivity index (χ0v) is 6.88. The number of ether oxygens (including phenoxy) is 1. The summed E-state index contributed by atoms with van der Waals surface area (Å²) in [6.45, 7) is 0.822. The van der Waals surface area contributed by atoms with Crippen molar-refractivity contribution >= 4 is 6.29 Å². The van der Waals surface area contributed by atoms with E-state index in [-0.39, 0.29) is 0 Å². The predicted octanol–water partition coefficient (Wildman–Crippen LogP) is 1.56. The molecular weight excluding hydrogens is 140 g/mol. The Hall–Kier alpha value is -0.630. The van der Waals surface area contributed by atoms with Gasteiger partial charge >= 0.3 is 0 Å². The third-order valence-corrected chi connectivity index (χ3v) is 2.11. The smallest absolute Gasteiger partial charge is 0.145 e. The lowest BCUT2D eigenvalue weighted by atomic mass is 9.91. The van der Waals surface area contributed by atoms with Crippen LogP contribution in [0.3, 0.4) is 0 Å². The van der Waals surface area contributed by atoms with E-state index in [1.165, 1.54) is 0 Å². The molecule has 1 rings (SSSR count). The molecule has 1 unspecified atom stereocenters. The zero-order valence-electron chi connectivity index (χ0n) is 6.88. The van der Waals surface area contributed by atoms with Gasteiger partial charge in [-0.25, -0.2) is 0 Å². The van der Waals surface area contributed by atoms with E-state index >= 15 is 0 Å². The molecule has 0 fully saturated rings. The highest BCUT2D eigenvalue weighted by Gasteiger charge is 2.12. The van der Waals surface area contributed by atoms with Gasteiger partial charge in [0.05, 0.1) is 0 Å². The van der Waals surface area contributed by atoms with Gasteiger partial charge in [-0.3, -0.25) is 4.79 Å². The molecule has 1 atom stereocenters. The molecule has 0 bridgehead atoms. The highest BCUT2D eigenvalue weighted by atomic mass is 16.5. The van der Waals surface area contributed by atoms with Crippen molar-refractivity contribution in [2.24, 2.45) is 5.92 Å². The first-order chi connectivity index (χ1) is 5.36. The van der Waals surface area contributed by atoms with Gasteiger partial charge in [-0.1, -0.05) is 6.08 Å². The second-order valence-corrected chi connectivity index (χ2v) is 2.99. The first kappa shape index (κ1) is 8.47. The molecule has 2 nitrogen and oxygen atoms in total. The summed E-state index contributed by atoms with van der Waals surface area (Å²) in [6, 6.07) is 0. The molecule has 62 valence electrons. The highest BCUT2D eigenvalue weighted by Crippen LogP contribution is 2.22. The van der Waals surface area contributed by atoms with Crippen molar-refractivity contribution in [3.05, 3.63) is 11.6 Å². The van der Waals surface area contributed by atoms with Crippen LogP contribution in [0.2, 0.25) is 0 Å². The van der Waals surface area contributed by atoms with Gasteiger partial charge in [0.15, 0.2) is 0 Å². The Morgan fingerprint density at radius 3 is 3.09 bits per heavy atom. The van der Waals surface area contributed by atoms with Gasteiger partial charge in [0.25, 0.3) is 0 Å². The topological polar surface area (TPSA) is 26.3 Å². The van der Waals surface area contributed by atoms with E-state index in [2.05, 4.69) is 0 Å². The molecule has 0 spiro atoms. The molecule has 0 aromatic carbocycles. The second-order valence-electron chi connectivity index (χ2n) is 2.99. The van der Waals surface area contributed by atoms with Crippen LogP contribution in [0.4, 0.5) is 0 Å². The van der Waals surface area contributed by atoms with Crippen LogP contribution in [0, 0.1) is 5.92 Å². The number of rotatable bonds is 3. The lowest BCUT2D eigenvalue weighted by Crippen LogP contribution is -2.11. The van der Waals surface area contributed by atoms with E-state index < -0.39 is 0 Å². The summed E-state index contributed by atoms with van der Waals surface area (Å²) in [5, 5.41) is 0. The second kappa shape index (κ2) is 4.29. The van der Waals surface area contributed by atoms with E-state index in [4.69, 9.17) is 4.74 Å². The molecule has 0 aromatic rings. The van der Waals surface area contributed by atoms with Crippen molar-refractivity contribution in [1.29, 1.82) is 0 Å². The summed E-state index contributed by atoms with van der Waals surface area (Å²) < 4.78 is 5.03. The Balaban J connectivity index is 2.35. The average molecular weight is 154 g/mol. The van der Waals surface area contributed by atoms with Gasteiger partial charge < -0.3 is 4.74 Å². The standard InChI is InChI=1S/C9H14O2/c1-11-7-9-4-2-8(6-10)3-5-9/h2,6,9H,3-5,7H2,1H3. The molecule has 0 saturated carbocycles. The summed E-state index contributed by atoms with van der Waals surface area (Å²) in [5.41, 5.74) is 0.956. The Morgan fingerprint density at radius 2 is 2.64 bits per heavy atom. The van der Waals surface area contributed by atoms with Gasteiger partial charge in [0.1, 0.15) is 6.29 Å². The average Bonchev–Trinajstić information content (AvgIpc) is 2.07. The van der Waals surface area contributed by atoms with E-state index in [1.807, 2.05) is 6.08 Å². The van der Waals surface area contributed by atoms with Crippen molar-refractivity contribution in [3.8, 4) is 0 Å². The van der Waals surface area contributed by atoms with E-state index in [0.29, 0.717) is 5.92 Å². The van der Waals surface area contributed by atoms with Crippen molar-refractivity contribution in [2.75, 3.05) is 13.7 Å². The number of allylic oxidation sites excluding steroid dienone is 2. The first-order valence-electron chi connectivity index (χ1n) is 4.00. The molecular formula is C9H14O2. The maximum absolute atomic E-state index is 10.3. The third-order valence-electron chi connectivity index (χ3n) is 2.11. The van der Waals surface area contributed by atoms with Crippen LogP contribution < -0.4 is 0 Å². The first-order valence-corrected chi connectivity index (χ1v) is 4.00. The fourth-order valence-corrected chi connectivity index (χ4v) is 1.40. The van der Waals surface area contributed by atoms with Gasteiger partial charge in [0.2, 0.25) is 0 Å². The minimum atomic E-state index is 0.628. The summed E-state index contributed by atoms with van der Waals surface area (Å²) in [5.74, 6) is 0.628. The predicted molar refractivity (Wildman–Crippen MR) is 43.4 cm³/mol. The fourth-order valence-electron chi connectivity index (χ4n) is 1.40. The molecule has 0 amide bonds. The Morgan fingerprint density at radius 1 is 1.82 bits per heavy atom. The van der Waals surface area contributed by atoms with Gasteiger partial charge in [-0.15, -0.1) is 0 Å². The quantitative estimate of drug-likeness (QED) is 0.576. The Bertz CT molecular complexity index is 161. The molecule has 2 heteroatoms. The molecule has 0 N–H and O–H groups in total. The van der Waals surface area contributed by atoms with Crippen molar-refractivity contribution < 1.29 is 9.53 Å². The number of carbonyl (C=O) groups excluding carboxylic acids is 1. The fraction of sp³-hybridized carbons (Fsp3) is 0.667. The van der Waals surface area contributed by atoms with Crippen LogP contribution in [0.5, 0.6) is 0 Å². The minimum absolute atomic E-state index is 0.628. The van der Waals surface area contributed by atoms with E-state index in [1.54, 1.807) is 7.11 Å². The Labute approximate surface area is 67.2 Å². The van der Waals surface area contributed by atoms with Crippen LogP contribution >= 0.6 is 0 Å². The molecule has 0 radical (unpaired) electrons. The van der Waals surface area contributed by atoms with E-state index in [0.717, 1.165) is 37.7 Å². The maximum Gasteiger partial charge on any atom is 0.145 e. The minimum Gasteiger partial charge on any atom is -0.384 e. The number of hydrogen-bond donors (Lipinski definition) is 0. The monoisotopic (exact) mass is 154 g/mol. The normalized spacial score (nSPS) is 24.5. The number of aldehydes is 1. The lowest BCUT2D eigenvalue weighted by Gasteiger charge is -2.18. The Kier molecular flexibility index (Phi) is 3.30. The van der Waals surface area contributed by atoms with Crippen LogP contribution in [0.15, 0.2) is 11.6 Å². The molecule has 0 saturated heterocycles. The van der Waals surface area contributed by atoms with Crippen LogP contribution in [-0.2, 0) is 9.53 Å². The lowest BCUT2D eigenvalue weighted by molar-refractivity contribution is -0.105. The van der Waals surface area contributed by atoms with Gasteiger partial charge in [-0.05, 0) is 30.8 Å². The number of hydrogen-bond acceptors (Lipinski definition) is 2. The van der Waals surface area contributed by atoms with Crippen molar-refractivity contribution in [1.82, 2.24) is 0 Å². The van der Waals surface area contributed by atoms with Gasteiger partial charge in [0, 0.05) is 13.7 Å². The van der Waals surface area contributed by atoms with Gasteiger partial charge in [-0.2, -0.15) is 0 Å². The van der Waals surface area contributed by atoms with Crippen LogP contribution in [0.25, 0.3) is 0 Å². The SMILES string of the molecule is COCC1CC=C(C=O)CC1.